The van der Waals surface area contributed by atoms with Crippen LogP contribution in [0, 0.1) is 11.6 Å². The van der Waals surface area contributed by atoms with E-state index in [-0.39, 0.29) is 19.0 Å². The van der Waals surface area contributed by atoms with Crippen molar-refractivity contribution in [3.05, 3.63) is 59.2 Å². The number of benzene rings is 2. The summed E-state index contributed by atoms with van der Waals surface area (Å²) in [6.07, 6.45) is 1.47. The predicted octanol–water partition coefficient (Wildman–Crippen LogP) is 3.08. The average molecular weight is 365 g/mol. The molecule has 0 saturated carbocycles. The SMILES string of the molecule is O=S(=O)(c1c(F)cccc1F)N1CCC(c2ccc3c(c2)CCO3)C1. The number of ether oxygens (including phenoxy) is 1. The summed E-state index contributed by atoms with van der Waals surface area (Å²) in [5.41, 5.74) is 2.16. The molecule has 2 aromatic rings. The lowest BCUT2D eigenvalue weighted by Gasteiger charge is -2.18. The van der Waals surface area contributed by atoms with Gasteiger partial charge in [0.05, 0.1) is 6.61 Å². The Morgan fingerprint density at radius 1 is 1.12 bits per heavy atom. The Balaban J connectivity index is 1.60. The number of rotatable bonds is 3. The molecule has 2 heterocycles. The maximum atomic E-state index is 13.9. The Morgan fingerprint density at radius 2 is 1.88 bits per heavy atom. The van der Waals surface area contributed by atoms with Gasteiger partial charge < -0.3 is 4.74 Å². The summed E-state index contributed by atoms with van der Waals surface area (Å²) in [5, 5.41) is 0. The van der Waals surface area contributed by atoms with Crippen molar-refractivity contribution in [1.29, 1.82) is 0 Å². The summed E-state index contributed by atoms with van der Waals surface area (Å²) in [5.74, 6) is -1.23. The van der Waals surface area contributed by atoms with Crippen LogP contribution in [0.3, 0.4) is 0 Å². The number of hydrogen-bond acceptors (Lipinski definition) is 3. The molecule has 2 aromatic carbocycles. The van der Waals surface area contributed by atoms with Crippen LogP contribution in [0.5, 0.6) is 5.75 Å². The van der Waals surface area contributed by atoms with E-state index in [9.17, 15) is 17.2 Å². The van der Waals surface area contributed by atoms with E-state index in [2.05, 4.69) is 0 Å². The smallest absolute Gasteiger partial charge is 0.248 e. The van der Waals surface area contributed by atoms with Gasteiger partial charge in [0.2, 0.25) is 10.0 Å². The third-order valence-corrected chi connectivity index (χ3v) is 6.77. The van der Waals surface area contributed by atoms with E-state index >= 15 is 0 Å². The first-order valence-electron chi connectivity index (χ1n) is 8.16. The molecule has 1 atom stereocenters. The van der Waals surface area contributed by atoms with Crippen LogP contribution in [0.25, 0.3) is 0 Å². The van der Waals surface area contributed by atoms with Gasteiger partial charge in [0, 0.05) is 19.5 Å². The molecule has 4 nitrogen and oxygen atoms in total. The van der Waals surface area contributed by atoms with E-state index in [1.807, 2.05) is 18.2 Å². The van der Waals surface area contributed by atoms with Crippen LogP contribution in [0.2, 0.25) is 0 Å². The van der Waals surface area contributed by atoms with Crippen molar-refractivity contribution in [2.45, 2.75) is 23.7 Å². The first-order valence-corrected chi connectivity index (χ1v) is 9.60. The third-order valence-electron chi connectivity index (χ3n) is 4.85. The monoisotopic (exact) mass is 365 g/mol. The minimum atomic E-state index is -4.19. The van der Waals surface area contributed by atoms with Crippen LogP contribution in [0.1, 0.15) is 23.5 Å². The van der Waals surface area contributed by atoms with Crippen molar-refractivity contribution in [2.24, 2.45) is 0 Å². The minimum absolute atomic E-state index is 0.00973. The number of fused-ring (bicyclic) bond motifs is 1. The quantitative estimate of drug-likeness (QED) is 0.840. The summed E-state index contributed by atoms with van der Waals surface area (Å²) < 4.78 is 59.8. The molecule has 0 N–H and O–H groups in total. The highest BCUT2D eigenvalue weighted by molar-refractivity contribution is 7.89. The Bertz CT molecular complexity index is 910. The molecule has 7 heteroatoms. The van der Waals surface area contributed by atoms with Crippen LogP contribution >= 0.6 is 0 Å². The maximum absolute atomic E-state index is 13.9. The molecule has 0 spiro atoms. The van der Waals surface area contributed by atoms with Gasteiger partial charge >= 0.3 is 0 Å². The van der Waals surface area contributed by atoms with E-state index in [4.69, 9.17) is 4.74 Å². The molecule has 4 rings (SSSR count). The normalized spacial score (nSPS) is 20.5. The van der Waals surface area contributed by atoms with Crippen molar-refractivity contribution in [2.75, 3.05) is 19.7 Å². The van der Waals surface area contributed by atoms with E-state index in [1.54, 1.807) is 0 Å². The molecule has 2 aliphatic rings. The summed E-state index contributed by atoms with van der Waals surface area (Å²) in [6.45, 7) is 1.13. The van der Waals surface area contributed by atoms with Gasteiger partial charge in [-0.2, -0.15) is 4.31 Å². The molecule has 2 aliphatic heterocycles. The maximum Gasteiger partial charge on any atom is 0.248 e. The van der Waals surface area contributed by atoms with Crippen LogP contribution in [-0.4, -0.2) is 32.4 Å². The van der Waals surface area contributed by atoms with E-state index in [1.165, 1.54) is 4.31 Å². The largest absolute Gasteiger partial charge is 0.493 e. The zero-order chi connectivity index (χ0) is 17.6. The number of nitrogens with zero attached hydrogens (tertiary/aromatic N) is 1. The standard InChI is InChI=1S/C18H17F2NO3S/c19-15-2-1-3-16(20)18(15)25(22,23)21-8-6-14(11-21)12-4-5-17-13(10-12)7-9-24-17/h1-5,10,14H,6-9,11H2. The Kier molecular flexibility index (Phi) is 4.00. The molecular formula is C18H17F2NO3S. The molecule has 1 unspecified atom stereocenters. The zero-order valence-electron chi connectivity index (χ0n) is 13.4. The lowest BCUT2D eigenvalue weighted by molar-refractivity contribution is 0.357. The van der Waals surface area contributed by atoms with Gasteiger partial charge in [0.1, 0.15) is 17.4 Å². The van der Waals surface area contributed by atoms with Crippen LogP contribution in [0.15, 0.2) is 41.3 Å². The molecule has 25 heavy (non-hydrogen) atoms. The van der Waals surface area contributed by atoms with Crippen molar-refractivity contribution in [3.63, 3.8) is 0 Å². The Labute approximate surface area is 145 Å². The number of sulfonamides is 1. The van der Waals surface area contributed by atoms with Gasteiger partial charge in [-0.25, -0.2) is 17.2 Å². The highest BCUT2D eigenvalue weighted by Crippen LogP contribution is 2.35. The van der Waals surface area contributed by atoms with Crippen LogP contribution < -0.4 is 4.74 Å². The highest BCUT2D eigenvalue weighted by atomic mass is 32.2. The van der Waals surface area contributed by atoms with Gasteiger partial charge in [0.25, 0.3) is 0 Å². The number of hydrogen-bond donors (Lipinski definition) is 0. The van der Waals surface area contributed by atoms with E-state index in [0.29, 0.717) is 13.0 Å². The first kappa shape index (κ1) is 16.5. The van der Waals surface area contributed by atoms with Gasteiger partial charge in [-0.05, 0) is 41.7 Å². The lowest BCUT2D eigenvalue weighted by atomic mass is 9.96. The zero-order valence-corrected chi connectivity index (χ0v) is 14.2. The molecular weight excluding hydrogens is 348 g/mol. The predicted molar refractivity (Wildman–Crippen MR) is 88.1 cm³/mol. The fraction of sp³-hybridized carbons (Fsp3) is 0.333. The van der Waals surface area contributed by atoms with Gasteiger partial charge in [-0.15, -0.1) is 0 Å². The van der Waals surface area contributed by atoms with E-state index in [0.717, 1.165) is 41.5 Å². The van der Waals surface area contributed by atoms with Crippen LogP contribution in [-0.2, 0) is 16.4 Å². The summed E-state index contributed by atoms with van der Waals surface area (Å²) in [4.78, 5) is -0.863. The van der Waals surface area contributed by atoms with Crippen molar-refractivity contribution >= 4 is 10.0 Å². The van der Waals surface area contributed by atoms with Crippen LogP contribution in [0.4, 0.5) is 8.78 Å². The number of halogens is 2. The van der Waals surface area contributed by atoms with Gasteiger partial charge in [-0.3, -0.25) is 0 Å². The Morgan fingerprint density at radius 3 is 2.64 bits per heavy atom. The molecule has 0 bridgehead atoms. The highest BCUT2D eigenvalue weighted by Gasteiger charge is 2.36. The second-order valence-corrected chi connectivity index (χ2v) is 8.24. The molecule has 0 amide bonds. The Hall–Kier alpha value is -1.99. The molecule has 1 saturated heterocycles. The lowest BCUT2D eigenvalue weighted by Crippen LogP contribution is -2.30. The average Bonchev–Trinajstić information content (AvgIpc) is 3.23. The van der Waals surface area contributed by atoms with Crippen molar-refractivity contribution in [3.8, 4) is 5.75 Å². The second kappa shape index (κ2) is 6.07. The van der Waals surface area contributed by atoms with Crippen molar-refractivity contribution in [1.82, 2.24) is 4.31 Å². The molecule has 0 aliphatic carbocycles. The topological polar surface area (TPSA) is 46.6 Å². The molecule has 0 aromatic heterocycles. The summed E-state index contributed by atoms with van der Waals surface area (Å²) in [6, 6.07) is 8.98. The minimum Gasteiger partial charge on any atom is -0.493 e. The van der Waals surface area contributed by atoms with Gasteiger partial charge in [0.15, 0.2) is 4.90 Å². The first-order chi connectivity index (χ1) is 12.0. The summed E-state index contributed by atoms with van der Waals surface area (Å²) >= 11 is 0. The molecule has 132 valence electrons. The van der Waals surface area contributed by atoms with Crippen molar-refractivity contribution < 1.29 is 21.9 Å². The molecule has 0 radical (unpaired) electrons. The fourth-order valence-electron chi connectivity index (χ4n) is 3.54. The third kappa shape index (κ3) is 2.81. The van der Waals surface area contributed by atoms with Gasteiger partial charge in [-0.1, -0.05) is 18.2 Å². The second-order valence-electron chi connectivity index (χ2n) is 6.37. The fourth-order valence-corrected chi connectivity index (χ4v) is 5.15. The molecule has 1 fully saturated rings. The van der Waals surface area contributed by atoms with E-state index < -0.39 is 26.6 Å². The summed E-state index contributed by atoms with van der Waals surface area (Å²) in [7, 11) is -4.19.